The first-order valence-electron chi connectivity index (χ1n) is 8.19. The van der Waals surface area contributed by atoms with Gasteiger partial charge in [-0.15, -0.1) is 0 Å². The van der Waals surface area contributed by atoms with Crippen LogP contribution in [0.1, 0.15) is 11.3 Å². The molecule has 1 aromatic heterocycles. The van der Waals surface area contributed by atoms with Crippen LogP contribution in [0, 0.1) is 0 Å². The highest BCUT2D eigenvalue weighted by molar-refractivity contribution is 5.77. The van der Waals surface area contributed by atoms with Gasteiger partial charge in [0.1, 0.15) is 0 Å². The number of hydrogen-bond donors (Lipinski definition) is 2. The van der Waals surface area contributed by atoms with Crippen LogP contribution in [0.4, 0.5) is 11.4 Å². The minimum absolute atomic E-state index is 0.741. The molecular weight excluding hydrogens is 300 g/mol. The average molecular weight is 324 g/mol. The highest BCUT2D eigenvalue weighted by Crippen LogP contribution is 2.17. The van der Waals surface area contributed by atoms with E-state index in [0.29, 0.717) is 0 Å². The number of benzene rings is 1. The maximum absolute atomic E-state index is 5.12. The van der Waals surface area contributed by atoms with Crippen molar-refractivity contribution in [3.8, 4) is 0 Å². The summed E-state index contributed by atoms with van der Waals surface area (Å²) in [6.45, 7) is 5.60. The van der Waals surface area contributed by atoms with Gasteiger partial charge in [-0.3, -0.25) is 9.88 Å². The summed E-state index contributed by atoms with van der Waals surface area (Å²) in [5, 5.41) is 6.82. The summed E-state index contributed by atoms with van der Waals surface area (Å²) >= 11 is 0. The lowest BCUT2D eigenvalue weighted by molar-refractivity contribution is 0.148. The van der Waals surface area contributed by atoms with Crippen molar-refractivity contribution in [1.29, 1.82) is 0 Å². The summed E-state index contributed by atoms with van der Waals surface area (Å²) < 4.78 is 0. The van der Waals surface area contributed by atoms with Gasteiger partial charge in [0, 0.05) is 38.4 Å². The molecule has 0 spiro atoms. The fraction of sp³-hybridized carbons (Fsp3) is 0.333. The molecule has 1 aromatic carbocycles. The van der Waals surface area contributed by atoms with Crippen LogP contribution in [0.5, 0.6) is 0 Å². The minimum Gasteiger partial charge on any atom is -0.354 e. The number of anilines is 2. The number of nitrogens with one attached hydrogen (secondary N) is 1. The van der Waals surface area contributed by atoms with Crippen LogP contribution in [-0.2, 0) is 6.54 Å². The summed E-state index contributed by atoms with van der Waals surface area (Å²) in [5.74, 6) is 5.12. The van der Waals surface area contributed by atoms with Gasteiger partial charge in [0.2, 0.25) is 0 Å². The van der Waals surface area contributed by atoms with Crippen molar-refractivity contribution in [2.45, 2.75) is 6.54 Å². The topological polar surface area (TPSA) is 69.8 Å². The van der Waals surface area contributed by atoms with E-state index in [2.05, 4.69) is 56.5 Å². The van der Waals surface area contributed by atoms with Gasteiger partial charge in [-0.05, 0) is 36.9 Å². The third-order valence-electron chi connectivity index (χ3n) is 4.24. The van der Waals surface area contributed by atoms with Gasteiger partial charge in [0.05, 0.1) is 23.8 Å². The fourth-order valence-corrected chi connectivity index (χ4v) is 2.76. The Kier molecular flexibility index (Phi) is 5.40. The van der Waals surface area contributed by atoms with E-state index in [0.717, 1.165) is 49.8 Å². The predicted octanol–water partition coefficient (Wildman–Crippen LogP) is 1.87. The summed E-state index contributed by atoms with van der Waals surface area (Å²) in [6, 6.07) is 12.4. The number of rotatable bonds is 5. The molecule has 0 aliphatic carbocycles. The van der Waals surface area contributed by atoms with E-state index in [1.165, 1.54) is 11.8 Å². The third kappa shape index (κ3) is 4.53. The van der Waals surface area contributed by atoms with Gasteiger partial charge in [-0.2, -0.15) is 5.10 Å². The minimum atomic E-state index is 0.741. The molecule has 24 heavy (non-hydrogen) atoms. The largest absolute Gasteiger partial charge is 0.354 e. The van der Waals surface area contributed by atoms with Crippen molar-refractivity contribution >= 4 is 17.6 Å². The number of hydrazone groups is 1. The molecule has 3 N–H and O–H groups in total. The van der Waals surface area contributed by atoms with Crippen LogP contribution >= 0.6 is 0 Å². The van der Waals surface area contributed by atoms with Gasteiger partial charge < -0.3 is 16.1 Å². The smallest absolute Gasteiger partial charge is 0.0831 e. The van der Waals surface area contributed by atoms with E-state index in [4.69, 9.17) is 5.84 Å². The number of pyridine rings is 1. The SMILES string of the molecule is CN1CCN(Cc2ccc(Nc3ccc(/C=N/N)nc3)cc2)CC1. The molecule has 6 nitrogen and oxygen atoms in total. The number of piperazine rings is 1. The Morgan fingerprint density at radius 3 is 2.42 bits per heavy atom. The third-order valence-corrected chi connectivity index (χ3v) is 4.24. The van der Waals surface area contributed by atoms with E-state index >= 15 is 0 Å². The van der Waals surface area contributed by atoms with Crippen molar-refractivity contribution in [3.63, 3.8) is 0 Å². The summed E-state index contributed by atoms with van der Waals surface area (Å²) in [5.41, 5.74) is 4.08. The Morgan fingerprint density at radius 2 is 1.79 bits per heavy atom. The molecule has 0 atom stereocenters. The Hall–Kier alpha value is -2.44. The van der Waals surface area contributed by atoms with Crippen LogP contribution in [0.25, 0.3) is 0 Å². The second kappa shape index (κ2) is 7.90. The second-order valence-electron chi connectivity index (χ2n) is 6.15. The molecule has 1 aliphatic heterocycles. The number of hydrogen-bond acceptors (Lipinski definition) is 6. The quantitative estimate of drug-likeness (QED) is 0.499. The van der Waals surface area contributed by atoms with Gasteiger partial charge in [-0.1, -0.05) is 12.1 Å². The van der Waals surface area contributed by atoms with Crippen molar-refractivity contribution in [1.82, 2.24) is 14.8 Å². The molecule has 1 fully saturated rings. The van der Waals surface area contributed by atoms with E-state index in [1.54, 1.807) is 6.20 Å². The number of aromatic nitrogens is 1. The molecular formula is C18H24N6. The Bertz CT molecular complexity index is 657. The molecule has 0 saturated carbocycles. The molecule has 3 rings (SSSR count). The van der Waals surface area contributed by atoms with Crippen LogP contribution in [0.3, 0.4) is 0 Å². The van der Waals surface area contributed by atoms with Crippen molar-refractivity contribution in [3.05, 3.63) is 53.9 Å². The average Bonchev–Trinajstić information content (AvgIpc) is 2.61. The first kappa shape index (κ1) is 16.4. The first-order valence-corrected chi connectivity index (χ1v) is 8.19. The van der Waals surface area contributed by atoms with Crippen LogP contribution in [0.15, 0.2) is 47.7 Å². The zero-order valence-electron chi connectivity index (χ0n) is 14.0. The number of nitrogens with zero attached hydrogens (tertiary/aromatic N) is 4. The highest BCUT2D eigenvalue weighted by Gasteiger charge is 2.13. The van der Waals surface area contributed by atoms with Crippen molar-refractivity contribution in [2.75, 3.05) is 38.5 Å². The Labute approximate surface area is 143 Å². The van der Waals surface area contributed by atoms with Gasteiger partial charge in [0.15, 0.2) is 0 Å². The second-order valence-corrected chi connectivity index (χ2v) is 6.15. The number of nitrogens with two attached hydrogens (primary N) is 1. The van der Waals surface area contributed by atoms with Crippen LogP contribution < -0.4 is 11.2 Å². The van der Waals surface area contributed by atoms with Gasteiger partial charge in [0.25, 0.3) is 0 Å². The molecule has 0 amide bonds. The predicted molar refractivity (Wildman–Crippen MR) is 98.5 cm³/mol. The molecule has 2 heterocycles. The molecule has 0 unspecified atom stereocenters. The number of likely N-dealkylation sites (N-methyl/N-ethyl adjacent to an activating group) is 1. The Balaban J connectivity index is 1.56. The summed E-state index contributed by atoms with van der Waals surface area (Å²) in [4.78, 5) is 9.14. The fourth-order valence-electron chi connectivity index (χ4n) is 2.76. The molecule has 1 saturated heterocycles. The normalized spacial score (nSPS) is 16.5. The van der Waals surface area contributed by atoms with E-state index in [-0.39, 0.29) is 0 Å². The molecule has 0 radical (unpaired) electrons. The standard InChI is InChI=1S/C18H24N6/c1-23-8-10-24(11-9-23)14-15-2-4-16(5-3-15)22-18-7-6-17(13-21-19)20-12-18/h2-7,12-13,22H,8-11,14,19H2,1H3/b21-13+. The van der Waals surface area contributed by atoms with Crippen molar-refractivity contribution in [2.24, 2.45) is 10.9 Å². The van der Waals surface area contributed by atoms with Crippen LogP contribution in [0.2, 0.25) is 0 Å². The van der Waals surface area contributed by atoms with Crippen molar-refractivity contribution < 1.29 is 0 Å². The monoisotopic (exact) mass is 324 g/mol. The zero-order chi connectivity index (χ0) is 16.8. The highest BCUT2D eigenvalue weighted by atomic mass is 15.2. The molecule has 6 heteroatoms. The van der Waals surface area contributed by atoms with Gasteiger partial charge >= 0.3 is 0 Å². The molecule has 1 aliphatic rings. The van der Waals surface area contributed by atoms with E-state index in [9.17, 15) is 0 Å². The van der Waals surface area contributed by atoms with E-state index < -0.39 is 0 Å². The summed E-state index contributed by atoms with van der Waals surface area (Å²) in [6.07, 6.45) is 3.30. The van der Waals surface area contributed by atoms with Gasteiger partial charge in [-0.25, -0.2) is 0 Å². The molecule has 2 aromatic rings. The lowest BCUT2D eigenvalue weighted by atomic mass is 10.1. The van der Waals surface area contributed by atoms with E-state index in [1.807, 2.05) is 12.1 Å². The summed E-state index contributed by atoms with van der Waals surface area (Å²) in [7, 11) is 2.18. The zero-order valence-corrected chi connectivity index (χ0v) is 14.0. The molecule has 0 bridgehead atoms. The Morgan fingerprint density at radius 1 is 1.08 bits per heavy atom. The maximum atomic E-state index is 5.12. The lowest BCUT2D eigenvalue weighted by Crippen LogP contribution is -2.43. The lowest BCUT2D eigenvalue weighted by Gasteiger charge is -2.32. The van der Waals surface area contributed by atoms with Crippen LogP contribution in [-0.4, -0.2) is 54.2 Å². The maximum Gasteiger partial charge on any atom is 0.0831 e. The molecule has 126 valence electrons. The first-order chi connectivity index (χ1) is 11.7.